The maximum atomic E-state index is 12.8. The van der Waals surface area contributed by atoms with E-state index in [9.17, 15) is 14.0 Å². The Hall–Kier alpha value is -1.62. The second kappa shape index (κ2) is 4.71. The van der Waals surface area contributed by atoms with Gasteiger partial charge in [-0.2, -0.15) is 0 Å². The summed E-state index contributed by atoms with van der Waals surface area (Å²) in [5, 5.41) is 11.2. The number of aliphatic carboxylic acids is 1. The number of hydrogen-bond donors (Lipinski definition) is 2. The predicted molar refractivity (Wildman–Crippen MR) is 61.5 cm³/mol. The fraction of sp³-hybridized carbons (Fsp3) is 0.273. The lowest BCUT2D eigenvalue weighted by molar-refractivity contribution is -0.151. The van der Waals surface area contributed by atoms with Crippen molar-refractivity contribution < 1.29 is 19.1 Å². The van der Waals surface area contributed by atoms with Gasteiger partial charge in [-0.1, -0.05) is 11.6 Å². The number of carbonyl (C=O) groups is 2. The van der Waals surface area contributed by atoms with Crippen LogP contribution in [-0.2, 0) is 9.59 Å². The third-order valence-electron chi connectivity index (χ3n) is 2.28. The lowest BCUT2D eigenvalue weighted by Gasteiger charge is -2.18. The summed E-state index contributed by atoms with van der Waals surface area (Å²) >= 11 is 5.70. The van der Waals surface area contributed by atoms with Gasteiger partial charge in [0.1, 0.15) is 11.2 Å². The van der Waals surface area contributed by atoms with Crippen LogP contribution in [0.4, 0.5) is 10.1 Å². The summed E-state index contributed by atoms with van der Waals surface area (Å²) in [4.78, 5) is 22.5. The van der Waals surface area contributed by atoms with Gasteiger partial charge in [0, 0.05) is 0 Å². The average molecular weight is 260 g/mol. The topological polar surface area (TPSA) is 66.4 Å². The molecule has 1 amide bonds. The number of halogens is 2. The summed E-state index contributed by atoms with van der Waals surface area (Å²) < 4.78 is 12.8. The van der Waals surface area contributed by atoms with E-state index in [1.54, 1.807) is 0 Å². The number of hydrogen-bond acceptors (Lipinski definition) is 2. The smallest absolute Gasteiger partial charge is 0.318 e. The molecule has 1 aromatic rings. The molecule has 0 radical (unpaired) electrons. The minimum absolute atomic E-state index is 0.0135. The maximum Gasteiger partial charge on any atom is 0.318 e. The monoisotopic (exact) mass is 259 g/mol. The van der Waals surface area contributed by atoms with Crippen molar-refractivity contribution in [2.75, 3.05) is 5.32 Å². The molecule has 0 unspecified atom stereocenters. The Kier molecular flexibility index (Phi) is 3.72. The molecule has 0 aliphatic carbocycles. The molecular formula is C11H11ClFNO3. The molecule has 17 heavy (non-hydrogen) atoms. The molecule has 1 rings (SSSR count). The molecular weight excluding hydrogens is 249 g/mol. The van der Waals surface area contributed by atoms with E-state index in [0.717, 1.165) is 12.1 Å². The van der Waals surface area contributed by atoms with Crippen LogP contribution in [-0.4, -0.2) is 17.0 Å². The molecule has 0 spiro atoms. The third-order valence-corrected chi connectivity index (χ3v) is 2.59. The number of rotatable bonds is 3. The number of nitrogens with one attached hydrogen (secondary N) is 1. The molecule has 0 fully saturated rings. The van der Waals surface area contributed by atoms with Crippen LogP contribution in [0.1, 0.15) is 13.8 Å². The molecule has 92 valence electrons. The summed E-state index contributed by atoms with van der Waals surface area (Å²) in [6.45, 7) is 2.53. The quantitative estimate of drug-likeness (QED) is 0.820. The summed E-state index contributed by atoms with van der Waals surface area (Å²) in [6.07, 6.45) is 0. The van der Waals surface area contributed by atoms with Crippen LogP contribution in [0.25, 0.3) is 0 Å². The van der Waals surface area contributed by atoms with Crippen molar-refractivity contribution >= 4 is 29.2 Å². The van der Waals surface area contributed by atoms with Crippen LogP contribution < -0.4 is 5.32 Å². The van der Waals surface area contributed by atoms with E-state index in [4.69, 9.17) is 16.7 Å². The lowest BCUT2D eigenvalue weighted by Crippen LogP contribution is -2.37. The second-order valence-electron chi connectivity index (χ2n) is 4.01. The molecule has 4 nitrogen and oxygen atoms in total. The van der Waals surface area contributed by atoms with Crippen molar-refractivity contribution in [1.29, 1.82) is 0 Å². The molecule has 0 aliphatic heterocycles. The van der Waals surface area contributed by atoms with Crippen LogP contribution in [0.15, 0.2) is 18.2 Å². The molecule has 0 aliphatic rings. The van der Waals surface area contributed by atoms with Crippen molar-refractivity contribution in [2.24, 2.45) is 5.41 Å². The van der Waals surface area contributed by atoms with Crippen LogP contribution in [0.5, 0.6) is 0 Å². The van der Waals surface area contributed by atoms with Crippen molar-refractivity contribution in [1.82, 2.24) is 0 Å². The number of amides is 1. The number of carboxylic acids is 1. The fourth-order valence-electron chi connectivity index (χ4n) is 0.967. The minimum atomic E-state index is -1.59. The van der Waals surface area contributed by atoms with E-state index in [2.05, 4.69) is 5.32 Å². The van der Waals surface area contributed by atoms with Gasteiger partial charge in [0.2, 0.25) is 5.91 Å². The molecule has 1 aromatic carbocycles. The van der Waals surface area contributed by atoms with Gasteiger partial charge in [-0.25, -0.2) is 4.39 Å². The third kappa shape index (κ3) is 2.94. The maximum absolute atomic E-state index is 12.8. The highest BCUT2D eigenvalue weighted by molar-refractivity contribution is 6.33. The second-order valence-corrected chi connectivity index (χ2v) is 4.42. The van der Waals surface area contributed by atoms with E-state index in [1.807, 2.05) is 0 Å². The van der Waals surface area contributed by atoms with E-state index in [-0.39, 0.29) is 10.7 Å². The van der Waals surface area contributed by atoms with Gasteiger partial charge >= 0.3 is 5.97 Å². The fourth-order valence-corrected chi connectivity index (χ4v) is 1.18. The van der Waals surface area contributed by atoms with Crippen LogP contribution >= 0.6 is 11.6 Å². The van der Waals surface area contributed by atoms with Crippen LogP contribution in [0.2, 0.25) is 5.02 Å². The molecule has 6 heteroatoms. The molecule has 0 bridgehead atoms. The summed E-state index contributed by atoms with van der Waals surface area (Å²) in [6, 6.07) is 3.42. The Morgan fingerprint density at radius 2 is 2.00 bits per heavy atom. The highest BCUT2D eigenvalue weighted by Crippen LogP contribution is 2.25. The zero-order valence-corrected chi connectivity index (χ0v) is 10.0. The van der Waals surface area contributed by atoms with Gasteiger partial charge in [0.15, 0.2) is 0 Å². The first-order valence-electron chi connectivity index (χ1n) is 4.75. The molecule has 0 aromatic heterocycles. The van der Waals surface area contributed by atoms with Crippen molar-refractivity contribution in [3.63, 3.8) is 0 Å². The standard InChI is InChI=1S/C11H11ClFNO3/c1-11(2,10(16)17)9(15)14-8-4-3-6(13)5-7(8)12/h3-5H,1-2H3,(H,14,15)(H,16,17). The van der Waals surface area contributed by atoms with E-state index in [0.29, 0.717) is 0 Å². The lowest BCUT2D eigenvalue weighted by atomic mass is 9.92. The number of carbonyl (C=O) groups excluding carboxylic acids is 1. The Bertz CT molecular complexity index is 474. The Morgan fingerprint density at radius 1 is 1.41 bits per heavy atom. The average Bonchev–Trinajstić information content (AvgIpc) is 2.21. The molecule has 2 N–H and O–H groups in total. The van der Waals surface area contributed by atoms with Crippen LogP contribution in [0, 0.1) is 11.2 Å². The largest absolute Gasteiger partial charge is 0.480 e. The summed E-state index contributed by atoms with van der Waals surface area (Å²) in [5.74, 6) is -2.52. The summed E-state index contributed by atoms with van der Waals surface area (Å²) in [5.41, 5.74) is -1.41. The zero-order chi connectivity index (χ0) is 13.2. The van der Waals surface area contributed by atoms with Gasteiger partial charge in [-0.3, -0.25) is 9.59 Å². The number of carboxylic acid groups (broad SMARTS) is 1. The van der Waals surface area contributed by atoms with E-state index >= 15 is 0 Å². The van der Waals surface area contributed by atoms with Gasteiger partial charge in [0.25, 0.3) is 0 Å². The highest BCUT2D eigenvalue weighted by Gasteiger charge is 2.36. The number of anilines is 1. The molecule has 0 saturated carbocycles. The van der Waals surface area contributed by atoms with Crippen molar-refractivity contribution in [2.45, 2.75) is 13.8 Å². The number of benzene rings is 1. The first kappa shape index (κ1) is 13.4. The van der Waals surface area contributed by atoms with Crippen LogP contribution in [0.3, 0.4) is 0 Å². The molecule has 0 atom stereocenters. The first-order valence-corrected chi connectivity index (χ1v) is 5.13. The predicted octanol–water partition coefficient (Wildman–Crippen LogP) is 2.53. The summed E-state index contributed by atoms with van der Waals surface area (Å²) in [7, 11) is 0. The van der Waals surface area contributed by atoms with Gasteiger partial charge in [-0.15, -0.1) is 0 Å². The minimum Gasteiger partial charge on any atom is -0.480 e. The normalized spacial score (nSPS) is 11.1. The van der Waals surface area contributed by atoms with Gasteiger partial charge in [-0.05, 0) is 32.0 Å². The molecule has 0 saturated heterocycles. The van der Waals surface area contributed by atoms with E-state index < -0.39 is 23.1 Å². The zero-order valence-electron chi connectivity index (χ0n) is 9.25. The van der Waals surface area contributed by atoms with Crippen molar-refractivity contribution in [3.8, 4) is 0 Å². The van der Waals surface area contributed by atoms with E-state index in [1.165, 1.54) is 19.9 Å². The first-order chi connectivity index (χ1) is 7.75. The Morgan fingerprint density at radius 3 is 2.47 bits per heavy atom. The van der Waals surface area contributed by atoms with Crippen molar-refractivity contribution in [3.05, 3.63) is 29.0 Å². The highest BCUT2D eigenvalue weighted by atomic mass is 35.5. The Balaban J connectivity index is 2.92. The van der Waals surface area contributed by atoms with Gasteiger partial charge < -0.3 is 10.4 Å². The molecule has 0 heterocycles. The Labute approximate surface area is 102 Å². The SMILES string of the molecule is CC(C)(C(=O)O)C(=O)Nc1ccc(F)cc1Cl. The van der Waals surface area contributed by atoms with Gasteiger partial charge in [0.05, 0.1) is 10.7 Å².